The second-order valence-corrected chi connectivity index (χ2v) is 8.00. The van der Waals surface area contributed by atoms with Crippen molar-refractivity contribution in [2.24, 2.45) is 5.92 Å². The zero-order valence-electron chi connectivity index (χ0n) is 18.0. The first kappa shape index (κ1) is 20.1. The van der Waals surface area contributed by atoms with E-state index in [0.717, 1.165) is 59.9 Å². The number of hydrogen-bond acceptors (Lipinski definition) is 6. The van der Waals surface area contributed by atoms with E-state index in [-0.39, 0.29) is 11.8 Å². The lowest BCUT2D eigenvalue weighted by Crippen LogP contribution is -2.49. The second kappa shape index (κ2) is 8.26. The number of fused-ring (bicyclic) bond motifs is 1. The number of piperazine rings is 1. The van der Waals surface area contributed by atoms with Gasteiger partial charge in [0.05, 0.1) is 11.2 Å². The Morgan fingerprint density at radius 2 is 1.80 bits per heavy atom. The predicted molar refractivity (Wildman–Crippen MR) is 121 cm³/mol. The Labute approximate surface area is 177 Å². The van der Waals surface area contributed by atoms with Gasteiger partial charge in [-0.2, -0.15) is 0 Å². The van der Waals surface area contributed by atoms with Crippen LogP contribution in [0.2, 0.25) is 0 Å². The van der Waals surface area contributed by atoms with Gasteiger partial charge in [0, 0.05) is 62.8 Å². The minimum Gasteiger partial charge on any atom is -0.371 e. The molecule has 0 radical (unpaired) electrons. The highest BCUT2D eigenvalue weighted by atomic mass is 16.2. The van der Waals surface area contributed by atoms with E-state index in [0.29, 0.717) is 0 Å². The van der Waals surface area contributed by atoms with Crippen LogP contribution in [0.1, 0.15) is 19.4 Å². The van der Waals surface area contributed by atoms with Crippen molar-refractivity contribution in [3.63, 3.8) is 0 Å². The fourth-order valence-corrected chi connectivity index (χ4v) is 3.97. The molecule has 1 fully saturated rings. The number of aromatic nitrogens is 3. The van der Waals surface area contributed by atoms with Crippen molar-refractivity contribution in [2.75, 3.05) is 43.4 Å². The third kappa shape index (κ3) is 3.79. The van der Waals surface area contributed by atoms with Crippen molar-refractivity contribution < 1.29 is 4.79 Å². The average Bonchev–Trinajstić information content (AvgIpc) is 2.77. The molecule has 7 heteroatoms. The molecule has 0 aliphatic carbocycles. The van der Waals surface area contributed by atoms with Gasteiger partial charge < -0.3 is 15.1 Å². The van der Waals surface area contributed by atoms with E-state index in [9.17, 15) is 4.79 Å². The van der Waals surface area contributed by atoms with E-state index in [4.69, 9.17) is 4.98 Å². The standard InChI is InChI=1S/C23H28N6O/c1-15(2)23(30)29-11-9-28(10-12-29)17-5-6-18(16(3)13-17)19-14-20-21(22(24-4)27-19)26-8-7-25-20/h5-8,13-15H,9-12H2,1-4H3,(H,24,27). The van der Waals surface area contributed by atoms with Crippen molar-refractivity contribution in [3.05, 3.63) is 42.2 Å². The van der Waals surface area contributed by atoms with Gasteiger partial charge in [-0.1, -0.05) is 19.9 Å². The lowest BCUT2D eigenvalue weighted by Gasteiger charge is -2.37. The summed E-state index contributed by atoms with van der Waals surface area (Å²) in [6.45, 7) is 9.28. The monoisotopic (exact) mass is 404 g/mol. The Morgan fingerprint density at radius 1 is 1.07 bits per heavy atom. The maximum Gasteiger partial charge on any atom is 0.225 e. The SMILES string of the molecule is CNc1nc(-c2ccc(N3CCN(C(=O)C(C)C)CC3)cc2C)cc2nccnc12. The smallest absolute Gasteiger partial charge is 0.225 e. The van der Waals surface area contributed by atoms with Crippen LogP contribution >= 0.6 is 0 Å². The van der Waals surface area contributed by atoms with Crippen LogP contribution < -0.4 is 10.2 Å². The third-order valence-electron chi connectivity index (χ3n) is 5.63. The molecule has 30 heavy (non-hydrogen) atoms. The summed E-state index contributed by atoms with van der Waals surface area (Å²) in [6, 6.07) is 8.46. The van der Waals surface area contributed by atoms with E-state index < -0.39 is 0 Å². The van der Waals surface area contributed by atoms with Crippen molar-refractivity contribution in [1.82, 2.24) is 19.9 Å². The molecular formula is C23H28N6O. The van der Waals surface area contributed by atoms with Crippen molar-refractivity contribution in [3.8, 4) is 11.3 Å². The number of hydrogen-bond donors (Lipinski definition) is 1. The van der Waals surface area contributed by atoms with Gasteiger partial charge in [-0.15, -0.1) is 0 Å². The molecule has 0 bridgehead atoms. The molecule has 0 saturated carbocycles. The van der Waals surface area contributed by atoms with E-state index >= 15 is 0 Å². The Bertz CT molecular complexity index is 1070. The largest absolute Gasteiger partial charge is 0.371 e. The quantitative estimate of drug-likeness (QED) is 0.719. The number of pyridine rings is 1. The summed E-state index contributed by atoms with van der Waals surface area (Å²) in [5.74, 6) is 1.02. The Hall–Kier alpha value is -3.22. The highest BCUT2D eigenvalue weighted by Crippen LogP contribution is 2.30. The highest BCUT2D eigenvalue weighted by molar-refractivity contribution is 5.89. The molecule has 3 heterocycles. The van der Waals surface area contributed by atoms with Crippen LogP contribution in [-0.2, 0) is 4.79 Å². The molecule has 1 aromatic carbocycles. The summed E-state index contributed by atoms with van der Waals surface area (Å²) in [5.41, 5.74) is 5.89. The van der Waals surface area contributed by atoms with Crippen LogP contribution in [0.25, 0.3) is 22.3 Å². The Kier molecular flexibility index (Phi) is 5.53. The molecule has 3 aromatic rings. The second-order valence-electron chi connectivity index (χ2n) is 8.00. The fourth-order valence-electron chi connectivity index (χ4n) is 3.97. The number of carbonyl (C=O) groups excluding carboxylic acids is 1. The minimum absolute atomic E-state index is 0.0553. The van der Waals surface area contributed by atoms with Crippen molar-refractivity contribution >= 4 is 28.4 Å². The van der Waals surface area contributed by atoms with E-state index in [1.807, 2.05) is 31.9 Å². The fraction of sp³-hybridized carbons (Fsp3) is 0.391. The van der Waals surface area contributed by atoms with Gasteiger partial charge in [0.2, 0.25) is 5.91 Å². The number of benzene rings is 1. The summed E-state index contributed by atoms with van der Waals surface area (Å²) >= 11 is 0. The van der Waals surface area contributed by atoms with Gasteiger partial charge >= 0.3 is 0 Å². The Morgan fingerprint density at radius 3 is 2.47 bits per heavy atom. The molecule has 0 atom stereocenters. The van der Waals surface area contributed by atoms with Gasteiger partial charge in [-0.05, 0) is 30.7 Å². The molecule has 7 nitrogen and oxygen atoms in total. The van der Waals surface area contributed by atoms with E-state index in [1.54, 1.807) is 12.4 Å². The number of nitrogens with zero attached hydrogens (tertiary/aromatic N) is 5. The van der Waals surface area contributed by atoms with Crippen molar-refractivity contribution in [1.29, 1.82) is 0 Å². The first-order chi connectivity index (χ1) is 14.5. The molecule has 0 unspecified atom stereocenters. The van der Waals surface area contributed by atoms with E-state index in [1.165, 1.54) is 5.69 Å². The predicted octanol–water partition coefficient (Wildman–Crippen LogP) is 3.35. The number of nitrogens with one attached hydrogen (secondary N) is 1. The Balaban J connectivity index is 1.57. The first-order valence-electron chi connectivity index (χ1n) is 10.4. The average molecular weight is 405 g/mol. The summed E-state index contributed by atoms with van der Waals surface area (Å²) in [7, 11) is 1.85. The van der Waals surface area contributed by atoms with Gasteiger partial charge in [0.15, 0.2) is 5.82 Å². The lowest BCUT2D eigenvalue weighted by atomic mass is 10.0. The van der Waals surface area contributed by atoms with Crippen LogP contribution in [0.3, 0.4) is 0 Å². The summed E-state index contributed by atoms with van der Waals surface area (Å²) in [6.07, 6.45) is 3.38. The maximum absolute atomic E-state index is 12.2. The number of carbonyl (C=O) groups is 1. The normalized spacial score (nSPS) is 14.4. The van der Waals surface area contributed by atoms with Crippen LogP contribution in [0, 0.1) is 12.8 Å². The third-order valence-corrected chi connectivity index (χ3v) is 5.63. The topological polar surface area (TPSA) is 74.2 Å². The molecule has 0 spiro atoms. The zero-order valence-corrected chi connectivity index (χ0v) is 18.0. The summed E-state index contributed by atoms with van der Waals surface area (Å²) < 4.78 is 0. The number of aryl methyl sites for hydroxylation is 1. The van der Waals surface area contributed by atoms with Crippen molar-refractivity contribution in [2.45, 2.75) is 20.8 Å². The molecule has 1 aliphatic rings. The highest BCUT2D eigenvalue weighted by Gasteiger charge is 2.23. The molecule has 1 saturated heterocycles. The molecule has 1 N–H and O–H groups in total. The number of anilines is 2. The van der Waals surface area contributed by atoms with Gasteiger partial charge in [-0.25, -0.2) is 9.97 Å². The molecular weight excluding hydrogens is 376 g/mol. The summed E-state index contributed by atoms with van der Waals surface area (Å²) in [5, 5.41) is 3.13. The lowest BCUT2D eigenvalue weighted by molar-refractivity contribution is -0.134. The number of rotatable bonds is 4. The van der Waals surface area contributed by atoms with Crippen LogP contribution in [-0.4, -0.2) is 59.0 Å². The van der Waals surface area contributed by atoms with Gasteiger partial charge in [0.25, 0.3) is 0 Å². The molecule has 2 aromatic heterocycles. The van der Waals surface area contributed by atoms with Crippen LogP contribution in [0.15, 0.2) is 36.7 Å². The summed E-state index contributed by atoms with van der Waals surface area (Å²) in [4.78, 5) is 30.2. The molecule has 156 valence electrons. The zero-order chi connectivity index (χ0) is 21.3. The van der Waals surface area contributed by atoms with Crippen LogP contribution in [0.5, 0.6) is 0 Å². The molecule has 4 rings (SSSR count). The molecule has 1 aliphatic heterocycles. The maximum atomic E-state index is 12.2. The molecule has 1 amide bonds. The van der Waals surface area contributed by atoms with E-state index in [2.05, 4.69) is 45.3 Å². The number of amides is 1. The van der Waals surface area contributed by atoms with Gasteiger partial charge in [0.1, 0.15) is 5.52 Å². The minimum atomic E-state index is 0.0553. The van der Waals surface area contributed by atoms with Crippen LogP contribution in [0.4, 0.5) is 11.5 Å². The van der Waals surface area contributed by atoms with Gasteiger partial charge in [-0.3, -0.25) is 9.78 Å². The first-order valence-corrected chi connectivity index (χ1v) is 10.4.